The van der Waals surface area contributed by atoms with Gasteiger partial charge in [0, 0.05) is 13.0 Å². The second-order valence-corrected chi connectivity index (χ2v) is 3.69. The van der Waals surface area contributed by atoms with E-state index in [1.807, 2.05) is 0 Å². The summed E-state index contributed by atoms with van der Waals surface area (Å²) in [7, 11) is 0. The van der Waals surface area contributed by atoms with Crippen LogP contribution in [0.3, 0.4) is 0 Å². The van der Waals surface area contributed by atoms with E-state index in [1.165, 1.54) is 25.7 Å². The SMILES string of the molecule is CC(=O)CCCCCCCNCCO. The van der Waals surface area contributed by atoms with E-state index in [0.717, 1.165) is 19.4 Å². The van der Waals surface area contributed by atoms with E-state index in [1.54, 1.807) is 6.92 Å². The van der Waals surface area contributed by atoms with Gasteiger partial charge in [0.2, 0.25) is 0 Å². The van der Waals surface area contributed by atoms with Gasteiger partial charge in [-0.15, -0.1) is 0 Å². The Bertz CT molecular complexity index is 137. The largest absolute Gasteiger partial charge is 0.395 e. The molecule has 0 rings (SSSR count). The number of nitrogens with one attached hydrogen (secondary N) is 1. The number of unbranched alkanes of at least 4 members (excludes halogenated alkanes) is 4. The molecule has 3 nitrogen and oxygen atoms in total. The Morgan fingerprint density at radius 3 is 2.36 bits per heavy atom. The minimum atomic E-state index is 0.221. The van der Waals surface area contributed by atoms with Crippen molar-refractivity contribution in [2.45, 2.75) is 45.4 Å². The predicted molar refractivity (Wildman–Crippen MR) is 58.3 cm³/mol. The molecule has 14 heavy (non-hydrogen) atoms. The monoisotopic (exact) mass is 201 g/mol. The first kappa shape index (κ1) is 13.6. The molecule has 0 aromatic rings. The van der Waals surface area contributed by atoms with Gasteiger partial charge in [-0.3, -0.25) is 0 Å². The average Bonchev–Trinajstić information content (AvgIpc) is 2.15. The maximum Gasteiger partial charge on any atom is 0.129 e. The molecule has 0 saturated carbocycles. The van der Waals surface area contributed by atoms with E-state index in [2.05, 4.69) is 5.32 Å². The Kier molecular flexibility index (Phi) is 10.4. The van der Waals surface area contributed by atoms with Crippen molar-refractivity contribution in [3.05, 3.63) is 0 Å². The van der Waals surface area contributed by atoms with E-state index >= 15 is 0 Å². The fourth-order valence-electron chi connectivity index (χ4n) is 1.36. The molecule has 3 heteroatoms. The summed E-state index contributed by atoms with van der Waals surface area (Å²) >= 11 is 0. The number of carbonyl (C=O) groups is 1. The summed E-state index contributed by atoms with van der Waals surface area (Å²) in [5.41, 5.74) is 0. The highest BCUT2D eigenvalue weighted by molar-refractivity contribution is 5.75. The molecular formula is C11H23NO2. The average molecular weight is 201 g/mol. The Morgan fingerprint density at radius 2 is 1.71 bits per heavy atom. The van der Waals surface area contributed by atoms with Gasteiger partial charge < -0.3 is 15.2 Å². The van der Waals surface area contributed by atoms with Crippen LogP contribution in [-0.4, -0.2) is 30.6 Å². The Hall–Kier alpha value is -0.410. The summed E-state index contributed by atoms with van der Waals surface area (Å²) in [6.45, 7) is 3.56. The van der Waals surface area contributed by atoms with Crippen molar-refractivity contribution in [3.8, 4) is 0 Å². The maximum atomic E-state index is 10.6. The second-order valence-electron chi connectivity index (χ2n) is 3.69. The molecule has 84 valence electrons. The highest BCUT2D eigenvalue weighted by atomic mass is 16.3. The molecule has 0 aromatic carbocycles. The smallest absolute Gasteiger partial charge is 0.129 e. The molecule has 0 saturated heterocycles. The van der Waals surface area contributed by atoms with Crippen molar-refractivity contribution in [3.63, 3.8) is 0 Å². The van der Waals surface area contributed by atoms with E-state index in [0.29, 0.717) is 12.3 Å². The minimum absolute atomic E-state index is 0.221. The van der Waals surface area contributed by atoms with E-state index in [9.17, 15) is 4.79 Å². The first-order valence-electron chi connectivity index (χ1n) is 5.58. The normalized spacial score (nSPS) is 10.4. The molecule has 0 spiro atoms. The lowest BCUT2D eigenvalue weighted by Crippen LogP contribution is -2.19. The van der Waals surface area contributed by atoms with Crippen LogP contribution in [0.15, 0.2) is 0 Å². The Labute approximate surface area is 86.9 Å². The predicted octanol–water partition coefficient (Wildman–Crippen LogP) is 1.50. The third-order valence-electron chi connectivity index (χ3n) is 2.17. The maximum absolute atomic E-state index is 10.6. The summed E-state index contributed by atoms with van der Waals surface area (Å²) in [5, 5.41) is 11.6. The number of hydrogen-bond acceptors (Lipinski definition) is 3. The second kappa shape index (κ2) is 10.7. The van der Waals surface area contributed by atoms with Crippen molar-refractivity contribution < 1.29 is 9.90 Å². The van der Waals surface area contributed by atoms with Crippen molar-refractivity contribution in [1.29, 1.82) is 0 Å². The summed E-state index contributed by atoms with van der Waals surface area (Å²) in [6.07, 6.45) is 6.55. The Morgan fingerprint density at radius 1 is 1.07 bits per heavy atom. The van der Waals surface area contributed by atoms with Crippen LogP contribution in [0.25, 0.3) is 0 Å². The van der Waals surface area contributed by atoms with Crippen LogP contribution in [0.2, 0.25) is 0 Å². The number of rotatable bonds is 10. The van der Waals surface area contributed by atoms with Gasteiger partial charge >= 0.3 is 0 Å². The van der Waals surface area contributed by atoms with Crippen LogP contribution >= 0.6 is 0 Å². The Balaban J connectivity index is 2.88. The van der Waals surface area contributed by atoms with Gasteiger partial charge in [-0.2, -0.15) is 0 Å². The van der Waals surface area contributed by atoms with E-state index in [4.69, 9.17) is 5.11 Å². The highest BCUT2D eigenvalue weighted by Gasteiger charge is 1.94. The molecule has 0 aromatic heterocycles. The molecule has 0 bridgehead atoms. The molecule has 0 atom stereocenters. The summed E-state index contributed by atoms with van der Waals surface area (Å²) in [5.74, 6) is 0.301. The lowest BCUT2D eigenvalue weighted by atomic mass is 10.1. The summed E-state index contributed by atoms with van der Waals surface area (Å²) < 4.78 is 0. The van der Waals surface area contributed by atoms with Crippen LogP contribution in [0, 0.1) is 0 Å². The van der Waals surface area contributed by atoms with Crippen molar-refractivity contribution in [2.24, 2.45) is 0 Å². The van der Waals surface area contributed by atoms with Gasteiger partial charge in [-0.05, 0) is 26.3 Å². The molecule has 0 radical (unpaired) electrons. The number of ketones is 1. The van der Waals surface area contributed by atoms with E-state index in [-0.39, 0.29) is 6.61 Å². The zero-order valence-electron chi connectivity index (χ0n) is 9.22. The third kappa shape index (κ3) is 11.6. The lowest BCUT2D eigenvalue weighted by molar-refractivity contribution is -0.117. The minimum Gasteiger partial charge on any atom is -0.395 e. The molecule has 0 unspecified atom stereocenters. The van der Waals surface area contributed by atoms with Gasteiger partial charge in [0.25, 0.3) is 0 Å². The van der Waals surface area contributed by atoms with Gasteiger partial charge in [0.1, 0.15) is 5.78 Å². The van der Waals surface area contributed by atoms with Gasteiger partial charge in [0.05, 0.1) is 6.61 Å². The fourth-order valence-corrected chi connectivity index (χ4v) is 1.36. The molecule has 2 N–H and O–H groups in total. The van der Waals surface area contributed by atoms with Crippen LogP contribution in [-0.2, 0) is 4.79 Å². The molecule has 0 amide bonds. The molecule has 0 aliphatic heterocycles. The third-order valence-corrected chi connectivity index (χ3v) is 2.17. The van der Waals surface area contributed by atoms with E-state index < -0.39 is 0 Å². The zero-order valence-corrected chi connectivity index (χ0v) is 9.22. The zero-order chi connectivity index (χ0) is 10.6. The van der Waals surface area contributed by atoms with Crippen LogP contribution in [0.5, 0.6) is 0 Å². The first-order chi connectivity index (χ1) is 6.77. The number of aliphatic hydroxyl groups is 1. The molecule has 0 aliphatic rings. The molecule has 0 aliphatic carbocycles. The topological polar surface area (TPSA) is 49.3 Å². The molecule has 0 fully saturated rings. The standard InChI is InChI=1S/C11H23NO2/c1-11(14)7-5-3-2-4-6-8-12-9-10-13/h12-13H,2-10H2,1H3. The lowest BCUT2D eigenvalue weighted by Gasteiger charge is -2.02. The van der Waals surface area contributed by atoms with Gasteiger partial charge in [0.15, 0.2) is 0 Å². The number of carbonyl (C=O) groups excluding carboxylic acids is 1. The highest BCUT2D eigenvalue weighted by Crippen LogP contribution is 2.04. The van der Waals surface area contributed by atoms with Crippen molar-refractivity contribution in [2.75, 3.05) is 19.7 Å². The fraction of sp³-hybridized carbons (Fsp3) is 0.909. The number of aliphatic hydroxyl groups excluding tert-OH is 1. The van der Waals surface area contributed by atoms with Gasteiger partial charge in [-0.1, -0.05) is 19.3 Å². The van der Waals surface area contributed by atoms with Crippen LogP contribution in [0.1, 0.15) is 45.4 Å². The van der Waals surface area contributed by atoms with Crippen LogP contribution in [0.4, 0.5) is 0 Å². The van der Waals surface area contributed by atoms with Crippen molar-refractivity contribution in [1.82, 2.24) is 5.32 Å². The number of Topliss-reactive ketones (excluding diaryl/α,β-unsaturated/α-hetero) is 1. The first-order valence-corrected chi connectivity index (χ1v) is 5.58. The summed E-state index contributed by atoms with van der Waals surface area (Å²) in [4.78, 5) is 10.6. The molecule has 0 heterocycles. The van der Waals surface area contributed by atoms with Crippen LogP contribution < -0.4 is 5.32 Å². The van der Waals surface area contributed by atoms with Gasteiger partial charge in [-0.25, -0.2) is 0 Å². The number of hydrogen-bond donors (Lipinski definition) is 2. The van der Waals surface area contributed by atoms with Crippen molar-refractivity contribution >= 4 is 5.78 Å². The molecular weight excluding hydrogens is 178 g/mol. The quantitative estimate of drug-likeness (QED) is 0.527. The summed E-state index contributed by atoms with van der Waals surface area (Å²) in [6, 6.07) is 0.